The molecule has 1 heterocycles. The fourth-order valence-electron chi connectivity index (χ4n) is 1.35. The molecule has 13 heavy (non-hydrogen) atoms. The molecule has 0 unspecified atom stereocenters. The highest BCUT2D eigenvalue weighted by molar-refractivity contribution is 7.10. The molecule has 1 rings (SSSR count). The van der Waals surface area contributed by atoms with Crippen molar-refractivity contribution in [1.82, 2.24) is 0 Å². The lowest BCUT2D eigenvalue weighted by Crippen LogP contribution is -2.35. The number of carboxylic acids is 1. The molecule has 0 aliphatic heterocycles. The zero-order valence-electron chi connectivity index (χ0n) is 7.70. The van der Waals surface area contributed by atoms with E-state index < -0.39 is 11.5 Å². The lowest BCUT2D eigenvalue weighted by atomic mass is 9.95. The number of aryl methyl sites for hydroxylation is 1. The summed E-state index contributed by atoms with van der Waals surface area (Å²) in [5, 5.41) is 10.6. The van der Waals surface area contributed by atoms with Crippen molar-refractivity contribution in [3.05, 3.63) is 21.9 Å². The van der Waals surface area contributed by atoms with Gasteiger partial charge in [0.25, 0.3) is 0 Å². The molecule has 0 amide bonds. The maximum Gasteiger partial charge on any atom is 0.305 e. The Kier molecular flexibility index (Phi) is 2.73. The molecule has 0 aliphatic carbocycles. The van der Waals surface area contributed by atoms with E-state index in [1.807, 2.05) is 18.4 Å². The molecule has 0 bridgehead atoms. The van der Waals surface area contributed by atoms with Crippen molar-refractivity contribution in [2.24, 2.45) is 5.73 Å². The monoisotopic (exact) mass is 199 g/mol. The van der Waals surface area contributed by atoms with Crippen LogP contribution in [0.3, 0.4) is 0 Å². The van der Waals surface area contributed by atoms with Crippen LogP contribution < -0.4 is 5.73 Å². The highest BCUT2D eigenvalue weighted by Gasteiger charge is 2.27. The first-order valence-electron chi connectivity index (χ1n) is 3.99. The van der Waals surface area contributed by atoms with Crippen LogP contribution in [0.1, 0.15) is 23.8 Å². The van der Waals surface area contributed by atoms with Crippen LogP contribution in [-0.4, -0.2) is 11.1 Å². The molecular weight excluding hydrogens is 186 g/mol. The van der Waals surface area contributed by atoms with Gasteiger partial charge < -0.3 is 10.8 Å². The highest BCUT2D eigenvalue weighted by Crippen LogP contribution is 2.29. The van der Waals surface area contributed by atoms with Gasteiger partial charge in [-0.2, -0.15) is 0 Å². The van der Waals surface area contributed by atoms with Crippen LogP contribution in [0.2, 0.25) is 0 Å². The summed E-state index contributed by atoms with van der Waals surface area (Å²) >= 11 is 1.51. The third-order valence-corrected chi connectivity index (χ3v) is 3.20. The zero-order chi connectivity index (χ0) is 10.1. The van der Waals surface area contributed by atoms with Crippen molar-refractivity contribution < 1.29 is 9.90 Å². The maximum atomic E-state index is 10.5. The first kappa shape index (κ1) is 10.2. The van der Waals surface area contributed by atoms with Gasteiger partial charge in [0.1, 0.15) is 0 Å². The van der Waals surface area contributed by atoms with Crippen LogP contribution in [0.25, 0.3) is 0 Å². The quantitative estimate of drug-likeness (QED) is 0.778. The third kappa shape index (κ3) is 2.29. The molecule has 0 radical (unpaired) electrons. The molecule has 1 aromatic heterocycles. The first-order chi connectivity index (χ1) is 5.93. The van der Waals surface area contributed by atoms with Crippen LogP contribution in [-0.2, 0) is 10.3 Å². The van der Waals surface area contributed by atoms with Gasteiger partial charge in [0.05, 0.1) is 12.0 Å². The van der Waals surface area contributed by atoms with Gasteiger partial charge in [-0.3, -0.25) is 4.79 Å². The lowest BCUT2D eigenvalue weighted by Gasteiger charge is -2.21. The summed E-state index contributed by atoms with van der Waals surface area (Å²) in [5.74, 6) is -0.863. The Bertz CT molecular complexity index is 317. The fraction of sp³-hybridized carbons (Fsp3) is 0.444. The molecule has 3 N–H and O–H groups in total. The van der Waals surface area contributed by atoms with E-state index in [9.17, 15) is 4.79 Å². The Labute approximate surface area is 81.2 Å². The highest BCUT2D eigenvalue weighted by atomic mass is 32.1. The molecule has 72 valence electrons. The number of carbonyl (C=O) groups is 1. The SMILES string of the molecule is Cc1ccsc1[C@@](C)(N)CC(=O)O. The standard InChI is InChI=1S/C9H13NO2S/c1-6-3-4-13-8(6)9(2,10)5-7(11)12/h3-4H,5,10H2,1-2H3,(H,11,12)/t9-/m0/s1. The summed E-state index contributed by atoms with van der Waals surface area (Å²) in [4.78, 5) is 11.5. The number of rotatable bonds is 3. The molecule has 0 aromatic carbocycles. The van der Waals surface area contributed by atoms with Crippen LogP contribution in [0.5, 0.6) is 0 Å². The van der Waals surface area contributed by atoms with Crippen LogP contribution in [0, 0.1) is 6.92 Å². The maximum absolute atomic E-state index is 10.5. The van der Waals surface area contributed by atoms with Gasteiger partial charge in [0.15, 0.2) is 0 Å². The van der Waals surface area contributed by atoms with Crippen molar-refractivity contribution in [1.29, 1.82) is 0 Å². The predicted octanol–water partition coefficient (Wildman–Crippen LogP) is 1.71. The largest absolute Gasteiger partial charge is 0.481 e. The molecule has 0 saturated heterocycles. The third-order valence-electron chi connectivity index (χ3n) is 1.90. The second kappa shape index (κ2) is 3.47. The number of hydrogen-bond acceptors (Lipinski definition) is 3. The van der Waals surface area contributed by atoms with Crippen molar-refractivity contribution in [3.8, 4) is 0 Å². The molecule has 0 saturated carbocycles. The van der Waals surface area contributed by atoms with Crippen LogP contribution >= 0.6 is 11.3 Å². The van der Waals surface area contributed by atoms with Crippen LogP contribution in [0.4, 0.5) is 0 Å². The number of thiophene rings is 1. The topological polar surface area (TPSA) is 63.3 Å². The average molecular weight is 199 g/mol. The van der Waals surface area contributed by atoms with Gasteiger partial charge in [0, 0.05) is 4.88 Å². The van der Waals surface area contributed by atoms with Crippen molar-refractivity contribution in [3.63, 3.8) is 0 Å². The predicted molar refractivity (Wildman–Crippen MR) is 52.8 cm³/mol. The molecular formula is C9H13NO2S. The summed E-state index contributed by atoms with van der Waals surface area (Å²) in [5.41, 5.74) is 6.23. The van der Waals surface area contributed by atoms with E-state index in [0.717, 1.165) is 10.4 Å². The average Bonchev–Trinajstić information content (AvgIpc) is 2.32. The van der Waals surface area contributed by atoms with Gasteiger partial charge in [-0.05, 0) is 30.9 Å². The molecule has 0 spiro atoms. The minimum atomic E-state index is -0.863. The van der Waals surface area contributed by atoms with E-state index >= 15 is 0 Å². The molecule has 3 nitrogen and oxygen atoms in total. The van der Waals surface area contributed by atoms with Crippen molar-refractivity contribution in [2.45, 2.75) is 25.8 Å². The number of nitrogens with two attached hydrogens (primary N) is 1. The van der Waals surface area contributed by atoms with Gasteiger partial charge in [0.2, 0.25) is 0 Å². The van der Waals surface area contributed by atoms with Gasteiger partial charge in [-0.15, -0.1) is 11.3 Å². The molecule has 1 aromatic rings. The van der Waals surface area contributed by atoms with E-state index in [1.165, 1.54) is 11.3 Å². The Hall–Kier alpha value is -0.870. The number of hydrogen-bond donors (Lipinski definition) is 2. The van der Waals surface area contributed by atoms with E-state index in [1.54, 1.807) is 6.92 Å². The summed E-state index contributed by atoms with van der Waals surface area (Å²) in [6.07, 6.45) is -0.0334. The van der Waals surface area contributed by atoms with Gasteiger partial charge >= 0.3 is 5.97 Å². The molecule has 4 heteroatoms. The summed E-state index contributed by atoms with van der Waals surface area (Å²) in [7, 11) is 0. The van der Waals surface area contributed by atoms with Crippen molar-refractivity contribution in [2.75, 3.05) is 0 Å². The number of carboxylic acid groups (broad SMARTS) is 1. The summed E-state index contributed by atoms with van der Waals surface area (Å²) in [6, 6.07) is 1.95. The zero-order valence-corrected chi connectivity index (χ0v) is 8.52. The Morgan fingerprint density at radius 2 is 2.38 bits per heavy atom. The minimum Gasteiger partial charge on any atom is -0.481 e. The van der Waals surface area contributed by atoms with Gasteiger partial charge in [-0.1, -0.05) is 0 Å². The van der Waals surface area contributed by atoms with E-state index in [4.69, 9.17) is 10.8 Å². The summed E-state index contributed by atoms with van der Waals surface area (Å²) < 4.78 is 0. The van der Waals surface area contributed by atoms with E-state index in [2.05, 4.69) is 0 Å². The van der Waals surface area contributed by atoms with Crippen molar-refractivity contribution >= 4 is 17.3 Å². The fourth-order valence-corrected chi connectivity index (χ4v) is 2.36. The second-order valence-corrected chi connectivity index (χ2v) is 4.34. The van der Waals surface area contributed by atoms with Gasteiger partial charge in [-0.25, -0.2) is 0 Å². The first-order valence-corrected chi connectivity index (χ1v) is 4.87. The normalized spacial score (nSPS) is 15.3. The number of aliphatic carboxylic acids is 1. The Morgan fingerprint density at radius 1 is 1.77 bits per heavy atom. The van der Waals surface area contributed by atoms with Crippen LogP contribution in [0.15, 0.2) is 11.4 Å². The Morgan fingerprint density at radius 3 is 2.77 bits per heavy atom. The second-order valence-electron chi connectivity index (χ2n) is 3.42. The molecule has 0 fully saturated rings. The minimum absolute atomic E-state index is 0.0334. The molecule has 1 atom stereocenters. The Balaban J connectivity index is 2.93. The molecule has 0 aliphatic rings. The van der Waals surface area contributed by atoms with E-state index in [-0.39, 0.29) is 6.42 Å². The van der Waals surface area contributed by atoms with E-state index in [0.29, 0.717) is 0 Å². The lowest BCUT2D eigenvalue weighted by molar-refractivity contribution is -0.138. The smallest absolute Gasteiger partial charge is 0.305 e. The summed E-state index contributed by atoms with van der Waals surface area (Å²) in [6.45, 7) is 3.69.